The van der Waals surface area contributed by atoms with Crippen molar-refractivity contribution in [1.82, 2.24) is 4.90 Å². The van der Waals surface area contributed by atoms with Crippen molar-refractivity contribution in [3.05, 3.63) is 12.2 Å². The molecule has 1 spiro atoms. The molecule has 3 aliphatic carbocycles. The van der Waals surface area contributed by atoms with Gasteiger partial charge in [0.2, 0.25) is 11.8 Å². The Bertz CT molecular complexity index is 496. The zero-order chi connectivity index (χ0) is 13.5. The highest BCUT2D eigenvalue weighted by Crippen LogP contribution is 2.73. The molecule has 2 heterocycles. The highest BCUT2D eigenvalue weighted by Gasteiger charge is 2.73. The fourth-order valence-electron chi connectivity index (χ4n) is 5.31. The van der Waals surface area contributed by atoms with Crippen LogP contribution in [0.15, 0.2) is 12.2 Å². The summed E-state index contributed by atoms with van der Waals surface area (Å²) in [5.74, 6) is 0.729. The molecular formula is C16H19NO3. The summed E-state index contributed by atoms with van der Waals surface area (Å²) in [4.78, 5) is 26.9. The van der Waals surface area contributed by atoms with Gasteiger partial charge < -0.3 is 4.74 Å². The molecule has 4 heteroatoms. The SMILES string of the molecule is O=C1[C@@H]2[C@@H](C(=O)N1C[C@@H]1CCCO1)[C@H]1C=C[C@H]2C12CC2. The van der Waals surface area contributed by atoms with Gasteiger partial charge in [-0.15, -0.1) is 0 Å². The summed E-state index contributed by atoms with van der Waals surface area (Å²) in [5, 5.41) is 0. The van der Waals surface area contributed by atoms with Crippen LogP contribution >= 0.6 is 0 Å². The molecule has 0 N–H and O–H groups in total. The molecule has 5 atom stereocenters. The average Bonchev–Trinajstić information content (AvgIpc) is 2.73. The number of likely N-dealkylation sites (tertiary alicyclic amines) is 1. The summed E-state index contributed by atoms with van der Waals surface area (Å²) in [5.41, 5.74) is 0.302. The maximum absolute atomic E-state index is 12.7. The molecule has 4 fully saturated rings. The molecule has 2 bridgehead atoms. The summed E-state index contributed by atoms with van der Waals surface area (Å²) in [6.45, 7) is 1.25. The van der Waals surface area contributed by atoms with Crippen molar-refractivity contribution in [1.29, 1.82) is 0 Å². The topological polar surface area (TPSA) is 46.6 Å². The number of amides is 2. The van der Waals surface area contributed by atoms with Gasteiger partial charge in [-0.2, -0.15) is 0 Å². The van der Waals surface area contributed by atoms with Gasteiger partial charge in [-0.1, -0.05) is 12.2 Å². The summed E-state index contributed by atoms with van der Waals surface area (Å²) in [6, 6.07) is 0. The minimum atomic E-state index is -0.0543. The number of rotatable bonds is 2. The number of carbonyl (C=O) groups is 2. The Morgan fingerprint density at radius 2 is 1.80 bits per heavy atom. The lowest BCUT2D eigenvalue weighted by Gasteiger charge is -2.23. The molecule has 0 aromatic rings. The lowest BCUT2D eigenvalue weighted by atomic mass is 9.85. The van der Waals surface area contributed by atoms with Crippen LogP contribution in [0.25, 0.3) is 0 Å². The molecular weight excluding hydrogens is 254 g/mol. The number of allylic oxidation sites excluding steroid dienone is 2. The van der Waals surface area contributed by atoms with E-state index in [-0.39, 0.29) is 29.8 Å². The number of hydrogen-bond acceptors (Lipinski definition) is 3. The molecule has 0 aromatic carbocycles. The van der Waals surface area contributed by atoms with E-state index in [0.29, 0.717) is 23.8 Å². The quantitative estimate of drug-likeness (QED) is 0.564. The fraction of sp³-hybridized carbons (Fsp3) is 0.750. The van der Waals surface area contributed by atoms with Gasteiger partial charge in [0.05, 0.1) is 24.5 Å². The Morgan fingerprint density at radius 1 is 1.15 bits per heavy atom. The Hall–Kier alpha value is -1.16. The van der Waals surface area contributed by atoms with Gasteiger partial charge >= 0.3 is 0 Å². The van der Waals surface area contributed by atoms with Gasteiger partial charge in [0.1, 0.15) is 0 Å². The van der Waals surface area contributed by atoms with E-state index in [0.717, 1.165) is 19.4 Å². The van der Waals surface area contributed by atoms with Crippen LogP contribution < -0.4 is 0 Å². The molecule has 20 heavy (non-hydrogen) atoms. The molecule has 2 saturated heterocycles. The molecule has 4 nitrogen and oxygen atoms in total. The second-order valence-electron chi connectivity index (χ2n) is 7.14. The summed E-state index contributed by atoms with van der Waals surface area (Å²) in [6.07, 6.45) is 8.94. The second kappa shape index (κ2) is 3.53. The van der Waals surface area contributed by atoms with E-state index in [1.165, 1.54) is 17.7 Å². The molecule has 2 aliphatic heterocycles. The van der Waals surface area contributed by atoms with Gasteiger partial charge in [0, 0.05) is 6.61 Å². The van der Waals surface area contributed by atoms with E-state index in [2.05, 4.69) is 12.2 Å². The maximum Gasteiger partial charge on any atom is 0.233 e. The first kappa shape index (κ1) is 11.5. The number of fused-ring (bicyclic) bond motifs is 3. The highest BCUT2D eigenvalue weighted by atomic mass is 16.5. The van der Waals surface area contributed by atoms with Crippen LogP contribution in [0, 0.1) is 29.1 Å². The molecule has 0 aromatic heterocycles. The third-order valence-corrected chi connectivity index (χ3v) is 6.35. The van der Waals surface area contributed by atoms with Crippen LogP contribution in [0.4, 0.5) is 0 Å². The minimum Gasteiger partial charge on any atom is -0.376 e. The number of nitrogens with zero attached hydrogens (tertiary/aromatic N) is 1. The predicted molar refractivity (Wildman–Crippen MR) is 70.5 cm³/mol. The normalized spacial score (nSPS) is 46.8. The van der Waals surface area contributed by atoms with Gasteiger partial charge in [-0.25, -0.2) is 0 Å². The van der Waals surface area contributed by atoms with Crippen molar-refractivity contribution in [2.24, 2.45) is 29.1 Å². The van der Waals surface area contributed by atoms with E-state index in [1.54, 1.807) is 0 Å². The Morgan fingerprint density at radius 3 is 2.30 bits per heavy atom. The molecule has 106 valence electrons. The van der Waals surface area contributed by atoms with Crippen LogP contribution in [-0.4, -0.2) is 36.0 Å². The number of carbonyl (C=O) groups excluding carboxylic acids is 2. The number of ether oxygens (including phenoxy) is 1. The molecule has 0 unspecified atom stereocenters. The predicted octanol–water partition coefficient (Wildman–Crippen LogP) is 1.36. The van der Waals surface area contributed by atoms with Crippen LogP contribution in [-0.2, 0) is 14.3 Å². The van der Waals surface area contributed by atoms with Gasteiger partial charge in [-0.05, 0) is 42.9 Å². The third-order valence-electron chi connectivity index (χ3n) is 6.35. The van der Waals surface area contributed by atoms with Crippen molar-refractivity contribution in [2.45, 2.75) is 31.8 Å². The molecule has 5 rings (SSSR count). The minimum absolute atomic E-state index is 0.0543. The van der Waals surface area contributed by atoms with E-state index in [9.17, 15) is 9.59 Å². The number of hydrogen-bond donors (Lipinski definition) is 0. The van der Waals surface area contributed by atoms with E-state index < -0.39 is 0 Å². The highest BCUT2D eigenvalue weighted by molar-refractivity contribution is 6.06. The van der Waals surface area contributed by atoms with Crippen LogP contribution in [0.1, 0.15) is 25.7 Å². The van der Waals surface area contributed by atoms with Crippen LogP contribution in [0.2, 0.25) is 0 Å². The fourth-order valence-corrected chi connectivity index (χ4v) is 5.31. The lowest BCUT2D eigenvalue weighted by molar-refractivity contribution is -0.143. The van der Waals surface area contributed by atoms with E-state index >= 15 is 0 Å². The zero-order valence-electron chi connectivity index (χ0n) is 11.5. The Balaban J connectivity index is 1.44. The van der Waals surface area contributed by atoms with E-state index in [4.69, 9.17) is 4.74 Å². The van der Waals surface area contributed by atoms with Crippen LogP contribution in [0.3, 0.4) is 0 Å². The van der Waals surface area contributed by atoms with Crippen molar-refractivity contribution in [3.63, 3.8) is 0 Å². The molecule has 2 saturated carbocycles. The third kappa shape index (κ3) is 1.18. The number of imide groups is 1. The van der Waals surface area contributed by atoms with E-state index in [1.807, 2.05) is 0 Å². The van der Waals surface area contributed by atoms with Crippen molar-refractivity contribution in [3.8, 4) is 0 Å². The Kier molecular flexibility index (Phi) is 2.03. The zero-order valence-corrected chi connectivity index (χ0v) is 11.5. The molecule has 0 radical (unpaired) electrons. The second-order valence-corrected chi connectivity index (χ2v) is 7.14. The lowest BCUT2D eigenvalue weighted by Crippen LogP contribution is -2.39. The first-order valence-electron chi connectivity index (χ1n) is 7.87. The molecule has 2 amide bonds. The van der Waals surface area contributed by atoms with Crippen molar-refractivity contribution >= 4 is 11.8 Å². The summed E-state index contributed by atoms with van der Waals surface area (Å²) < 4.78 is 5.59. The standard InChI is InChI=1S/C16H19NO3/c18-14-12-10-3-4-11(16(10)5-6-16)13(12)15(19)17(14)8-9-2-1-7-20-9/h3-4,9-13H,1-2,5-8H2/t9-,10+,11+,12-,13-/m0/s1. The van der Waals surface area contributed by atoms with Gasteiger partial charge in [0.25, 0.3) is 0 Å². The average molecular weight is 273 g/mol. The van der Waals surface area contributed by atoms with Crippen molar-refractivity contribution in [2.75, 3.05) is 13.2 Å². The Labute approximate surface area is 118 Å². The largest absolute Gasteiger partial charge is 0.376 e. The first-order valence-corrected chi connectivity index (χ1v) is 7.87. The molecule has 5 aliphatic rings. The first-order chi connectivity index (χ1) is 9.72. The summed E-state index contributed by atoms with van der Waals surface area (Å²) in [7, 11) is 0. The van der Waals surface area contributed by atoms with Gasteiger partial charge in [-0.3, -0.25) is 14.5 Å². The monoisotopic (exact) mass is 273 g/mol. The van der Waals surface area contributed by atoms with Gasteiger partial charge in [0.15, 0.2) is 0 Å². The van der Waals surface area contributed by atoms with Crippen LogP contribution in [0.5, 0.6) is 0 Å². The van der Waals surface area contributed by atoms with Crippen molar-refractivity contribution < 1.29 is 14.3 Å². The summed E-state index contributed by atoms with van der Waals surface area (Å²) >= 11 is 0. The smallest absolute Gasteiger partial charge is 0.233 e. The maximum atomic E-state index is 12.7.